The molecule has 0 aliphatic rings. The molecule has 0 aliphatic carbocycles. The van der Waals surface area contributed by atoms with Gasteiger partial charge in [-0.1, -0.05) is 85.2 Å². The van der Waals surface area contributed by atoms with E-state index in [1.807, 2.05) is 32.0 Å². The summed E-state index contributed by atoms with van der Waals surface area (Å²) in [5.41, 5.74) is 3.21. The number of phenolic OH excluding ortho intramolecular Hbond substituents is 1. The quantitative estimate of drug-likeness (QED) is 0.563. The second kappa shape index (κ2) is 8.17. The van der Waals surface area contributed by atoms with Crippen molar-refractivity contribution in [2.45, 2.75) is 84.4 Å². The van der Waals surface area contributed by atoms with Crippen LogP contribution in [0.5, 0.6) is 5.75 Å². The van der Waals surface area contributed by atoms with Gasteiger partial charge in [0.05, 0.1) is 5.60 Å². The maximum absolute atomic E-state index is 11.3. The van der Waals surface area contributed by atoms with Crippen LogP contribution in [0.3, 0.4) is 0 Å². The molecule has 2 nitrogen and oxygen atoms in total. The summed E-state index contributed by atoms with van der Waals surface area (Å²) >= 11 is 0. The Kier molecular flexibility index (Phi) is 6.68. The Morgan fingerprint density at radius 2 is 1.39 bits per heavy atom. The Morgan fingerprint density at radius 1 is 0.857 bits per heavy atom. The van der Waals surface area contributed by atoms with Crippen LogP contribution in [0.2, 0.25) is 0 Å². The van der Waals surface area contributed by atoms with Gasteiger partial charge in [0, 0.05) is 10.7 Å². The van der Waals surface area contributed by atoms with Gasteiger partial charge >= 0.3 is 0 Å². The Morgan fingerprint density at radius 3 is 1.89 bits per heavy atom. The van der Waals surface area contributed by atoms with E-state index in [0.717, 1.165) is 29.5 Å². The predicted molar refractivity (Wildman–Crippen MR) is 123 cm³/mol. The molecule has 2 N–H and O–H groups in total. The standard InChI is InChI=1S/C25H37O2P/c1-9-25(10-2,28-21-14-12-11-13-18(21)24(7,8)27)20-16-17(3)15-19(22(20)26)23(4,5)6/h11-16,26-28H,9-10H2,1-8H3. The lowest BCUT2D eigenvalue weighted by molar-refractivity contribution is 0.0797. The molecule has 2 aromatic carbocycles. The second-order valence-electron chi connectivity index (χ2n) is 9.48. The summed E-state index contributed by atoms with van der Waals surface area (Å²) in [6.45, 7) is 16.7. The molecule has 0 amide bonds. The van der Waals surface area contributed by atoms with Gasteiger partial charge in [-0.2, -0.15) is 0 Å². The van der Waals surface area contributed by atoms with Crippen LogP contribution in [0.15, 0.2) is 36.4 Å². The number of aliphatic hydroxyl groups is 1. The molecule has 1 unspecified atom stereocenters. The third-order valence-electron chi connectivity index (χ3n) is 5.75. The number of phenols is 1. The Labute approximate surface area is 173 Å². The van der Waals surface area contributed by atoms with Crippen LogP contribution >= 0.6 is 8.58 Å². The third-order valence-corrected chi connectivity index (χ3v) is 7.91. The first kappa shape index (κ1) is 22.9. The molecule has 28 heavy (non-hydrogen) atoms. The van der Waals surface area contributed by atoms with E-state index in [4.69, 9.17) is 0 Å². The summed E-state index contributed by atoms with van der Waals surface area (Å²) in [6, 6.07) is 12.5. The van der Waals surface area contributed by atoms with Crippen molar-refractivity contribution in [2.24, 2.45) is 0 Å². The molecular formula is C25H37O2P. The van der Waals surface area contributed by atoms with Gasteiger partial charge in [0.15, 0.2) is 0 Å². The highest BCUT2D eigenvalue weighted by Crippen LogP contribution is 2.52. The molecule has 2 rings (SSSR count). The summed E-state index contributed by atoms with van der Waals surface area (Å²) in [4.78, 5) is 0. The molecule has 0 saturated carbocycles. The van der Waals surface area contributed by atoms with Crippen LogP contribution in [-0.2, 0) is 16.2 Å². The van der Waals surface area contributed by atoms with E-state index in [2.05, 4.69) is 59.7 Å². The van der Waals surface area contributed by atoms with Crippen molar-refractivity contribution >= 4 is 13.9 Å². The van der Waals surface area contributed by atoms with Gasteiger partial charge in [-0.3, -0.25) is 0 Å². The zero-order valence-corrected chi connectivity index (χ0v) is 19.8. The molecule has 1 atom stereocenters. The average molecular weight is 401 g/mol. The summed E-state index contributed by atoms with van der Waals surface area (Å²) in [5.74, 6) is 0.440. The molecule has 2 aromatic rings. The maximum Gasteiger partial charge on any atom is 0.123 e. The van der Waals surface area contributed by atoms with Crippen molar-refractivity contribution in [3.05, 3.63) is 58.7 Å². The van der Waals surface area contributed by atoms with Crippen molar-refractivity contribution in [1.29, 1.82) is 0 Å². The number of benzene rings is 2. The van der Waals surface area contributed by atoms with E-state index >= 15 is 0 Å². The molecule has 3 heteroatoms. The van der Waals surface area contributed by atoms with E-state index in [0.29, 0.717) is 14.3 Å². The molecule has 0 aliphatic heterocycles. The topological polar surface area (TPSA) is 40.5 Å². The SMILES string of the molecule is CCC(CC)(Pc1ccccc1C(C)(C)O)c1cc(C)cc(C(C)(C)C)c1O. The van der Waals surface area contributed by atoms with Crippen LogP contribution in [0.4, 0.5) is 0 Å². The van der Waals surface area contributed by atoms with Gasteiger partial charge < -0.3 is 10.2 Å². The van der Waals surface area contributed by atoms with E-state index < -0.39 is 5.60 Å². The Hall–Kier alpha value is -1.37. The largest absolute Gasteiger partial charge is 0.507 e. The monoisotopic (exact) mass is 400 g/mol. The highest BCUT2D eigenvalue weighted by atomic mass is 31.1. The van der Waals surface area contributed by atoms with Gasteiger partial charge in [0.25, 0.3) is 0 Å². The van der Waals surface area contributed by atoms with Crippen molar-refractivity contribution in [3.8, 4) is 5.75 Å². The Bertz CT molecular complexity index is 821. The number of aromatic hydroxyl groups is 1. The average Bonchev–Trinajstić information content (AvgIpc) is 2.60. The van der Waals surface area contributed by atoms with E-state index in [9.17, 15) is 10.2 Å². The van der Waals surface area contributed by atoms with Crippen molar-refractivity contribution in [2.75, 3.05) is 0 Å². The molecule has 0 heterocycles. The van der Waals surface area contributed by atoms with Gasteiger partial charge in [0.2, 0.25) is 0 Å². The first-order chi connectivity index (χ1) is 12.9. The van der Waals surface area contributed by atoms with Crippen LogP contribution in [0.25, 0.3) is 0 Å². The molecule has 0 aromatic heterocycles. The Balaban J connectivity index is 2.69. The van der Waals surface area contributed by atoms with Crippen molar-refractivity contribution < 1.29 is 10.2 Å². The molecule has 0 saturated heterocycles. The molecule has 0 bridgehead atoms. The van der Waals surface area contributed by atoms with E-state index in [1.54, 1.807) is 0 Å². The fraction of sp³-hybridized carbons (Fsp3) is 0.520. The summed E-state index contributed by atoms with van der Waals surface area (Å²) in [5, 5.41) is 23.0. The lowest BCUT2D eigenvalue weighted by atomic mass is 9.81. The molecule has 0 spiro atoms. The maximum atomic E-state index is 11.3. The van der Waals surface area contributed by atoms with Crippen molar-refractivity contribution in [3.63, 3.8) is 0 Å². The lowest BCUT2D eigenvalue weighted by Crippen LogP contribution is -2.28. The number of rotatable bonds is 6. The summed E-state index contributed by atoms with van der Waals surface area (Å²) in [7, 11) is 0.468. The van der Waals surface area contributed by atoms with Crippen LogP contribution < -0.4 is 5.30 Å². The number of hydrogen-bond acceptors (Lipinski definition) is 2. The minimum absolute atomic E-state index is 0.119. The minimum atomic E-state index is -0.887. The fourth-order valence-corrected chi connectivity index (χ4v) is 5.87. The van der Waals surface area contributed by atoms with Crippen LogP contribution in [-0.4, -0.2) is 10.2 Å². The van der Waals surface area contributed by atoms with Crippen molar-refractivity contribution in [1.82, 2.24) is 0 Å². The van der Waals surface area contributed by atoms with Gasteiger partial charge in [-0.25, -0.2) is 0 Å². The first-order valence-corrected chi connectivity index (χ1v) is 11.3. The highest BCUT2D eigenvalue weighted by Gasteiger charge is 2.35. The molecule has 0 fully saturated rings. The number of aryl methyl sites for hydroxylation is 1. The summed E-state index contributed by atoms with van der Waals surface area (Å²) < 4.78 is 0. The minimum Gasteiger partial charge on any atom is -0.507 e. The van der Waals surface area contributed by atoms with E-state index in [1.165, 1.54) is 10.9 Å². The normalized spacial score (nSPS) is 13.5. The zero-order valence-electron chi connectivity index (χ0n) is 18.8. The van der Waals surface area contributed by atoms with Crippen LogP contribution in [0, 0.1) is 6.92 Å². The fourth-order valence-electron chi connectivity index (χ4n) is 3.97. The van der Waals surface area contributed by atoms with Gasteiger partial charge in [-0.05, 0) is 55.5 Å². The predicted octanol–water partition coefficient (Wildman–Crippen LogP) is 6.24. The number of hydrogen-bond donors (Lipinski definition) is 2. The lowest BCUT2D eigenvalue weighted by Gasteiger charge is -2.37. The smallest absolute Gasteiger partial charge is 0.123 e. The zero-order chi connectivity index (χ0) is 21.3. The first-order valence-electron chi connectivity index (χ1n) is 10.3. The summed E-state index contributed by atoms with van der Waals surface area (Å²) in [6.07, 6.45) is 1.87. The van der Waals surface area contributed by atoms with Gasteiger partial charge in [-0.15, -0.1) is 0 Å². The van der Waals surface area contributed by atoms with E-state index in [-0.39, 0.29) is 10.6 Å². The third kappa shape index (κ3) is 4.61. The highest BCUT2D eigenvalue weighted by molar-refractivity contribution is 7.48. The molecule has 154 valence electrons. The molecule has 0 radical (unpaired) electrons. The molecular weight excluding hydrogens is 363 g/mol. The van der Waals surface area contributed by atoms with Gasteiger partial charge in [0.1, 0.15) is 5.75 Å². The second-order valence-corrected chi connectivity index (χ2v) is 11.2. The van der Waals surface area contributed by atoms with Crippen LogP contribution in [0.1, 0.15) is 83.6 Å².